The van der Waals surface area contributed by atoms with Gasteiger partial charge in [-0.3, -0.25) is 0 Å². The number of rotatable bonds is 1. The van der Waals surface area contributed by atoms with Crippen molar-refractivity contribution in [3.05, 3.63) is 35.3 Å². The van der Waals surface area contributed by atoms with E-state index in [1.165, 1.54) is 0 Å². The second kappa shape index (κ2) is 4.94. The maximum Gasteiger partial charge on any atom is 1.00 e. The fourth-order valence-corrected chi connectivity index (χ4v) is 1.18. The van der Waals surface area contributed by atoms with Crippen LogP contribution in [-0.4, -0.2) is 15.7 Å². The Hall–Kier alpha value is -1.35. The molecule has 0 fully saturated rings. The molecule has 1 N–H and O–H groups in total. The SMILES string of the molecule is N#CC(=N[O-])c1nc2ccccc2[nH]1.[Na+]. The van der Waals surface area contributed by atoms with E-state index >= 15 is 0 Å². The van der Waals surface area contributed by atoms with Crippen LogP contribution in [0, 0.1) is 16.5 Å². The molecule has 0 aliphatic rings. The van der Waals surface area contributed by atoms with Gasteiger partial charge in [-0.05, 0) is 12.1 Å². The smallest absolute Gasteiger partial charge is 0.791 e. The topological polar surface area (TPSA) is 87.9 Å². The van der Waals surface area contributed by atoms with Crippen molar-refractivity contribution in [3.63, 3.8) is 0 Å². The van der Waals surface area contributed by atoms with Crippen molar-refractivity contribution in [3.8, 4) is 6.07 Å². The van der Waals surface area contributed by atoms with Crippen molar-refractivity contribution in [2.24, 2.45) is 5.16 Å². The minimum Gasteiger partial charge on any atom is -0.791 e. The third kappa shape index (κ3) is 2.18. The van der Waals surface area contributed by atoms with E-state index in [2.05, 4.69) is 15.1 Å². The molecule has 0 bridgehead atoms. The van der Waals surface area contributed by atoms with Crippen molar-refractivity contribution in [2.45, 2.75) is 0 Å². The Balaban J connectivity index is 0.00000112. The van der Waals surface area contributed by atoms with Gasteiger partial charge in [0, 0.05) is 0 Å². The average molecular weight is 208 g/mol. The minimum atomic E-state index is -0.235. The van der Waals surface area contributed by atoms with E-state index < -0.39 is 0 Å². The van der Waals surface area contributed by atoms with E-state index in [1.54, 1.807) is 12.1 Å². The van der Waals surface area contributed by atoms with E-state index in [1.807, 2.05) is 18.2 Å². The quantitative estimate of drug-likeness (QED) is 0.347. The number of nitriles is 1. The van der Waals surface area contributed by atoms with Crippen LogP contribution in [0.3, 0.4) is 0 Å². The molecular weight excluding hydrogens is 203 g/mol. The van der Waals surface area contributed by atoms with Gasteiger partial charge >= 0.3 is 29.6 Å². The summed E-state index contributed by atoms with van der Waals surface area (Å²) in [5.41, 5.74) is 1.25. The fourth-order valence-electron chi connectivity index (χ4n) is 1.18. The van der Waals surface area contributed by atoms with Gasteiger partial charge in [-0.1, -0.05) is 12.1 Å². The van der Waals surface area contributed by atoms with Gasteiger partial charge in [-0.15, -0.1) is 0 Å². The summed E-state index contributed by atoms with van der Waals surface area (Å²) < 4.78 is 0. The van der Waals surface area contributed by atoms with Crippen molar-refractivity contribution in [2.75, 3.05) is 0 Å². The third-order valence-electron chi connectivity index (χ3n) is 1.81. The molecule has 1 aromatic heterocycles. The van der Waals surface area contributed by atoms with E-state index in [-0.39, 0.29) is 41.1 Å². The van der Waals surface area contributed by atoms with Crippen molar-refractivity contribution >= 4 is 16.7 Å². The van der Waals surface area contributed by atoms with Gasteiger partial charge in [0.2, 0.25) is 0 Å². The van der Waals surface area contributed by atoms with E-state index in [4.69, 9.17) is 5.26 Å². The number of nitrogens with zero attached hydrogens (tertiary/aromatic N) is 3. The van der Waals surface area contributed by atoms with Gasteiger partial charge in [-0.2, -0.15) is 5.26 Å². The molecular formula is C9H5N4NaO. The Morgan fingerprint density at radius 1 is 1.47 bits per heavy atom. The summed E-state index contributed by atoms with van der Waals surface area (Å²) in [5, 5.41) is 21.4. The molecule has 15 heavy (non-hydrogen) atoms. The van der Waals surface area contributed by atoms with Gasteiger partial charge in [0.25, 0.3) is 0 Å². The van der Waals surface area contributed by atoms with Gasteiger partial charge in [0.1, 0.15) is 6.07 Å². The molecule has 0 atom stereocenters. The minimum absolute atomic E-state index is 0. The van der Waals surface area contributed by atoms with Crippen LogP contribution in [0.25, 0.3) is 11.0 Å². The summed E-state index contributed by atoms with van der Waals surface area (Å²) in [6, 6.07) is 8.94. The number of imidazole rings is 1. The Kier molecular flexibility index (Phi) is 3.86. The zero-order valence-electron chi connectivity index (χ0n) is 8.06. The monoisotopic (exact) mass is 208 g/mol. The van der Waals surface area contributed by atoms with Crippen LogP contribution in [-0.2, 0) is 0 Å². The van der Waals surface area contributed by atoms with Crippen LogP contribution in [0.5, 0.6) is 0 Å². The number of fused-ring (bicyclic) bond motifs is 1. The van der Waals surface area contributed by atoms with Crippen LogP contribution in [0.4, 0.5) is 0 Å². The molecule has 2 rings (SSSR count). The summed E-state index contributed by atoms with van der Waals surface area (Å²) in [6.07, 6.45) is 0. The fraction of sp³-hybridized carbons (Fsp3) is 0. The van der Waals surface area contributed by atoms with Crippen LogP contribution in [0.15, 0.2) is 29.4 Å². The van der Waals surface area contributed by atoms with Gasteiger partial charge in [0.15, 0.2) is 11.5 Å². The predicted octanol–water partition coefficient (Wildman–Crippen LogP) is -1.62. The molecule has 0 unspecified atom stereocenters. The summed E-state index contributed by atoms with van der Waals surface area (Å²) in [4.78, 5) is 6.88. The molecule has 0 aliphatic heterocycles. The van der Waals surface area contributed by atoms with E-state index in [0.717, 1.165) is 5.52 Å². The molecule has 1 heterocycles. The van der Waals surface area contributed by atoms with Crippen LogP contribution in [0.2, 0.25) is 0 Å². The third-order valence-corrected chi connectivity index (χ3v) is 1.81. The number of hydrogen-bond donors (Lipinski definition) is 1. The first kappa shape index (κ1) is 11.7. The largest absolute Gasteiger partial charge is 1.00 e. The van der Waals surface area contributed by atoms with Crippen molar-refractivity contribution < 1.29 is 29.6 Å². The first-order valence-corrected chi connectivity index (χ1v) is 3.90. The zero-order chi connectivity index (χ0) is 9.97. The van der Waals surface area contributed by atoms with E-state index in [0.29, 0.717) is 5.52 Å². The molecule has 6 heteroatoms. The number of aromatic nitrogens is 2. The molecule has 0 radical (unpaired) electrons. The average Bonchev–Trinajstić information content (AvgIpc) is 2.63. The van der Waals surface area contributed by atoms with Crippen molar-refractivity contribution in [1.82, 2.24) is 9.97 Å². The second-order valence-electron chi connectivity index (χ2n) is 2.65. The van der Waals surface area contributed by atoms with Crippen LogP contribution in [0.1, 0.15) is 5.82 Å². The maximum absolute atomic E-state index is 10.2. The number of benzene rings is 1. The van der Waals surface area contributed by atoms with Crippen LogP contribution >= 0.6 is 0 Å². The Morgan fingerprint density at radius 2 is 2.20 bits per heavy atom. The molecule has 1 aromatic carbocycles. The Labute approximate surface area is 108 Å². The Morgan fingerprint density at radius 3 is 2.80 bits per heavy atom. The first-order valence-electron chi connectivity index (χ1n) is 3.90. The number of H-pyrrole nitrogens is 1. The number of aromatic amines is 1. The number of nitrogens with one attached hydrogen (secondary N) is 1. The van der Waals surface area contributed by atoms with Gasteiger partial charge < -0.3 is 15.3 Å². The normalized spacial score (nSPS) is 10.7. The summed E-state index contributed by atoms with van der Waals surface area (Å²) in [6.45, 7) is 0. The number of para-hydroxylation sites is 2. The number of hydrogen-bond acceptors (Lipinski definition) is 4. The predicted molar refractivity (Wildman–Crippen MR) is 51.6 cm³/mol. The molecule has 0 aliphatic carbocycles. The van der Waals surface area contributed by atoms with Crippen LogP contribution < -0.4 is 29.6 Å². The molecule has 5 nitrogen and oxygen atoms in total. The maximum atomic E-state index is 10.2. The summed E-state index contributed by atoms with van der Waals surface area (Å²) in [5.74, 6) is 0.212. The first-order chi connectivity index (χ1) is 6.85. The summed E-state index contributed by atoms with van der Waals surface area (Å²) >= 11 is 0. The molecule has 0 saturated carbocycles. The van der Waals surface area contributed by atoms with Crippen molar-refractivity contribution in [1.29, 1.82) is 5.26 Å². The molecule has 68 valence electrons. The Bertz CT molecular complexity index is 507. The standard InChI is InChI=1S/C9H6N4O.Na/c10-5-8(13-14)9-11-6-3-1-2-4-7(6)12-9;/h1-4,14H,(H,11,12);/q;+1/p-1. The summed E-state index contributed by atoms with van der Waals surface area (Å²) in [7, 11) is 0. The molecule has 2 aromatic rings. The zero-order valence-corrected chi connectivity index (χ0v) is 10.1. The molecule has 0 saturated heterocycles. The molecule has 0 amide bonds. The molecule has 0 spiro atoms. The second-order valence-corrected chi connectivity index (χ2v) is 2.65. The van der Waals surface area contributed by atoms with Gasteiger partial charge in [-0.25, -0.2) is 4.98 Å². The van der Waals surface area contributed by atoms with Gasteiger partial charge in [0.05, 0.1) is 11.0 Å². The van der Waals surface area contributed by atoms with E-state index in [9.17, 15) is 5.21 Å².